The first kappa shape index (κ1) is 12.5. The molecule has 2 bridgehead atoms. The van der Waals surface area contributed by atoms with Crippen LogP contribution in [0.3, 0.4) is 0 Å². The number of ketones is 1. The lowest BCUT2D eigenvalue weighted by molar-refractivity contribution is 0.0871. The molecule has 1 aromatic carbocycles. The SMILES string of the molecule is COc1ccc(C(=O)C2CC3CCC2C3)c(OC)c1. The number of Topliss-reactive ketones (excluding diaryl/α,β-unsaturated/α-hetero) is 1. The van der Waals surface area contributed by atoms with Crippen molar-refractivity contribution in [1.82, 2.24) is 0 Å². The lowest BCUT2D eigenvalue weighted by Crippen LogP contribution is -2.21. The van der Waals surface area contributed by atoms with Crippen molar-refractivity contribution in [2.75, 3.05) is 14.2 Å². The zero-order valence-corrected chi connectivity index (χ0v) is 11.5. The van der Waals surface area contributed by atoms with Gasteiger partial charge < -0.3 is 9.47 Å². The van der Waals surface area contributed by atoms with E-state index >= 15 is 0 Å². The van der Waals surface area contributed by atoms with Gasteiger partial charge in [-0.2, -0.15) is 0 Å². The van der Waals surface area contributed by atoms with Crippen molar-refractivity contribution in [2.45, 2.75) is 25.7 Å². The Balaban J connectivity index is 1.87. The molecule has 3 unspecified atom stereocenters. The van der Waals surface area contributed by atoms with Crippen molar-refractivity contribution in [3.8, 4) is 11.5 Å². The summed E-state index contributed by atoms with van der Waals surface area (Å²) in [6.07, 6.45) is 4.85. The molecule has 3 nitrogen and oxygen atoms in total. The molecule has 0 radical (unpaired) electrons. The third-order valence-electron chi connectivity index (χ3n) is 4.75. The number of fused-ring (bicyclic) bond motifs is 2. The lowest BCUT2D eigenvalue weighted by Gasteiger charge is -2.21. The third kappa shape index (κ3) is 2.11. The normalized spacial score (nSPS) is 28.4. The first-order valence-electron chi connectivity index (χ1n) is 6.99. The highest BCUT2D eigenvalue weighted by Crippen LogP contribution is 2.49. The van der Waals surface area contributed by atoms with Crippen molar-refractivity contribution < 1.29 is 14.3 Å². The number of hydrogen-bond donors (Lipinski definition) is 0. The minimum Gasteiger partial charge on any atom is -0.497 e. The van der Waals surface area contributed by atoms with Crippen LogP contribution in [-0.2, 0) is 0 Å². The van der Waals surface area contributed by atoms with Crippen LogP contribution in [0.2, 0.25) is 0 Å². The number of carbonyl (C=O) groups excluding carboxylic acids is 1. The van der Waals surface area contributed by atoms with Crippen molar-refractivity contribution in [2.24, 2.45) is 17.8 Å². The van der Waals surface area contributed by atoms with Crippen LogP contribution in [0.1, 0.15) is 36.0 Å². The summed E-state index contributed by atoms with van der Waals surface area (Å²) in [6, 6.07) is 5.47. The summed E-state index contributed by atoms with van der Waals surface area (Å²) in [7, 11) is 3.22. The Kier molecular flexibility index (Phi) is 3.21. The second kappa shape index (κ2) is 4.87. The molecule has 3 atom stereocenters. The van der Waals surface area contributed by atoms with E-state index in [4.69, 9.17) is 9.47 Å². The predicted molar refractivity (Wildman–Crippen MR) is 72.8 cm³/mol. The molecule has 0 amide bonds. The fraction of sp³-hybridized carbons (Fsp3) is 0.562. The maximum Gasteiger partial charge on any atom is 0.169 e. The number of methoxy groups -OCH3 is 2. The van der Waals surface area contributed by atoms with E-state index in [1.165, 1.54) is 19.3 Å². The van der Waals surface area contributed by atoms with E-state index in [1.807, 2.05) is 12.1 Å². The van der Waals surface area contributed by atoms with Crippen LogP contribution in [0.15, 0.2) is 18.2 Å². The van der Waals surface area contributed by atoms with Gasteiger partial charge in [0.05, 0.1) is 19.8 Å². The monoisotopic (exact) mass is 260 g/mol. The van der Waals surface area contributed by atoms with Gasteiger partial charge in [0.1, 0.15) is 11.5 Å². The smallest absolute Gasteiger partial charge is 0.169 e. The van der Waals surface area contributed by atoms with E-state index in [1.54, 1.807) is 20.3 Å². The summed E-state index contributed by atoms with van der Waals surface area (Å²) < 4.78 is 10.5. The van der Waals surface area contributed by atoms with Crippen LogP contribution in [0, 0.1) is 17.8 Å². The molecule has 0 aliphatic heterocycles. The second-order valence-corrected chi connectivity index (χ2v) is 5.71. The zero-order valence-electron chi connectivity index (χ0n) is 11.5. The van der Waals surface area contributed by atoms with Crippen LogP contribution in [0.25, 0.3) is 0 Å². The molecule has 2 aliphatic carbocycles. The standard InChI is InChI=1S/C16H20O3/c1-18-12-5-6-13(15(9-12)19-2)16(17)14-8-10-3-4-11(14)7-10/h5-6,9-11,14H,3-4,7-8H2,1-2H3. The zero-order chi connectivity index (χ0) is 13.4. The van der Waals surface area contributed by atoms with Gasteiger partial charge in [-0.15, -0.1) is 0 Å². The van der Waals surface area contributed by atoms with Crippen molar-refractivity contribution in [3.63, 3.8) is 0 Å². The van der Waals surface area contributed by atoms with E-state index in [0.717, 1.165) is 18.1 Å². The van der Waals surface area contributed by atoms with Gasteiger partial charge in [-0.3, -0.25) is 4.79 Å². The molecule has 1 aromatic rings. The molecule has 3 rings (SSSR count). The van der Waals surface area contributed by atoms with Gasteiger partial charge in [-0.1, -0.05) is 6.42 Å². The maximum atomic E-state index is 12.7. The van der Waals surface area contributed by atoms with E-state index in [0.29, 0.717) is 17.2 Å². The van der Waals surface area contributed by atoms with Gasteiger partial charge >= 0.3 is 0 Å². The molecule has 2 fully saturated rings. The quantitative estimate of drug-likeness (QED) is 0.779. The van der Waals surface area contributed by atoms with Crippen molar-refractivity contribution in [3.05, 3.63) is 23.8 Å². The van der Waals surface area contributed by atoms with E-state index < -0.39 is 0 Å². The molecule has 3 heteroatoms. The lowest BCUT2D eigenvalue weighted by atomic mass is 9.83. The largest absolute Gasteiger partial charge is 0.497 e. The minimum absolute atomic E-state index is 0.209. The number of rotatable bonds is 4. The van der Waals surface area contributed by atoms with Crippen LogP contribution in [0.4, 0.5) is 0 Å². The minimum atomic E-state index is 0.209. The van der Waals surface area contributed by atoms with E-state index in [9.17, 15) is 4.79 Å². The molecule has 0 heterocycles. The Bertz CT molecular complexity index is 495. The fourth-order valence-electron chi connectivity index (χ4n) is 3.77. The van der Waals surface area contributed by atoms with Crippen LogP contribution < -0.4 is 9.47 Å². The summed E-state index contributed by atoms with van der Waals surface area (Å²) in [5, 5.41) is 0. The molecule has 0 saturated heterocycles. The summed E-state index contributed by atoms with van der Waals surface area (Å²) >= 11 is 0. The topological polar surface area (TPSA) is 35.5 Å². The highest BCUT2D eigenvalue weighted by molar-refractivity contribution is 6.01. The predicted octanol–water partition coefficient (Wildman–Crippen LogP) is 3.32. The van der Waals surface area contributed by atoms with E-state index in [-0.39, 0.29) is 11.7 Å². The first-order valence-corrected chi connectivity index (χ1v) is 6.99. The molecule has 2 aliphatic rings. The van der Waals surface area contributed by atoms with Gasteiger partial charge in [0.2, 0.25) is 0 Å². The van der Waals surface area contributed by atoms with Crippen LogP contribution in [0.5, 0.6) is 11.5 Å². The van der Waals surface area contributed by atoms with Gasteiger partial charge in [-0.25, -0.2) is 0 Å². The van der Waals surface area contributed by atoms with E-state index in [2.05, 4.69) is 0 Å². The molecule has 102 valence electrons. The highest BCUT2D eigenvalue weighted by Gasteiger charge is 2.43. The molecule has 0 aromatic heterocycles. The molecule has 2 saturated carbocycles. The Morgan fingerprint density at radius 3 is 2.58 bits per heavy atom. The van der Waals surface area contributed by atoms with Crippen LogP contribution in [-0.4, -0.2) is 20.0 Å². The Morgan fingerprint density at radius 2 is 2.00 bits per heavy atom. The number of hydrogen-bond acceptors (Lipinski definition) is 3. The Hall–Kier alpha value is -1.51. The van der Waals surface area contributed by atoms with Gasteiger partial charge in [0, 0.05) is 12.0 Å². The second-order valence-electron chi connectivity index (χ2n) is 5.71. The number of carbonyl (C=O) groups is 1. The number of benzene rings is 1. The summed E-state index contributed by atoms with van der Waals surface area (Å²) in [5.74, 6) is 3.20. The van der Waals surface area contributed by atoms with Gasteiger partial charge in [0.25, 0.3) is 0 Å². The third-order valence-corrected chi connectivity index (χ3v) is 4.75. The average molecular weight is 260 g/mol. The summed E-state index contributed by atoms with van der Waals surface area (Å²) in [4.78, 5) is 12.7. The molecule has 0 N–H and O–H groups in total. The van der Waals surface area contributed by atoms with Crippen molar-refractivity contribution in [1.29, 1.82) is 0 Å². The molecular formula is C16H20O3. The molecule has 0 spiro atoms. The Morgan fingerprint density at radius 1 is 1.16 bits per heavy atom. The first-order chi connectivity index (χ1) is 9.22. The molecular weight excluding hydrogens is 240 g/mol. The van der Waals surface area contributed by atoms with Gasteiger partial charge in [0.15, 0.2) is 5.78 Å². The molecule has 19 heavy (non-hydrogen) atoms. The average Bonchev–Trinajstić information content (AvgIpc) is 3.08. The Labute approximate surface area is 113 Å². The maximum absolute atomic E-state index is 12.7. The van der Waals surface area contributed by atoms with Crippen LogP contribution >= 0.6 is 0 Å². The highest BCUT2D eigenvalue weighted by atomic mass is 16.5. The summed E-state index contributed by atoms with van der Waals surface area (Å²) in [6.45, 7) is 0. The fourth-order valence-corrected chi connectivity index (χ4v) is 3.77. The summed E-state index contributed by atoms with van der Waals surface area (Å²) in [5.41, 5.74) is 0.709. The number of ether oxygens (including phenoxy) is 2. The van der Waals surface area contributed by atoms with Gasteiger partial charge in [-0.05, 0) is 43.2 Å². The van der Waals surface area contributed by atoms with Crippen molar-refractivity contribution >= 4 is 5.78 Å².